The first kappa shape index (κ1) is 15.6. The highest BCUT2D eigenvalue weighted by Gasteiger charge is 2.24. The highest BCUT2D eigenvalue weighted by Crippen LogP contribution is 2.23. The maximum absolute atomic E-state index is 9.54. The molecule has 92 valence electrons. The molecule has 0 aromatic heterocycles. The van der Waals surface area contributed by atoms with Crippen LogP contribution in [0.2, 0.25) is 0 Å². The first-order valence-corrected chi connectivity index (χ1v) is 5.62. The van der Waals surface area contributed by atoms with Crippen molar-refractivity contribution in [2.75, 3.05) is 13.2 Å². The van der Waals surface area contributed by atoms with Gasteiger partial charge in [-0.05, 0) is 6.92 Å². The number of aliphatic hydroxyl groups is 1. The van der Waals surface area contributed by atoms with Gasteiger partial charge in [0.15, 0.2) is 0 Å². The summed E-state index contributed by atoms with van der Waals surface area (Å²) in [5.74, 6) is 13.9. The van der Waals surface area contributed by atoms with Gasteiger partial charge in [0, 0.05) is 18.3 Å². The van der Waals surface area contributed by atoms with Crippen LogP contribution in [0, 0.1) is 41.4 Å². The van der Waals surface area contributed by atoms with Crippen molar-refractivity contribution in [2.24, 2.45) is 5.41 Å². The Bertz CT molecular complexity index is 366. The molecule has 0 rings (SSSR count). The van der Waals surface area contributed by atoms with E-state index in [1.54, 1.807) is 6.92 Å². The average molecular weight is 232 g/mol. The molecule has 1 N–H and O–H groups in total. The minimum atomic E-state index is -0.766. The van der Waals surface area contributed by atoms with Gasteiger partial charge < -0.3 is 9.84 Å². The fourth-order valence-corrected chi connectivity index (χ4v) is 1.04. The Kier molecular flexibility index (Phi) is 8.00. The van der Waals surface area contributed by atoms with Crippen molar-refractivity contribution in [3.05, 3.63) is 0 Å². The highest BCUT2D eigenvalue weighted by atomic mass is 16.5. The molecule has 0 aliphatic rings. The van der Waals surface area contributed by atoms with E-state index in [4.69, 9.17) is 11.2 Å². The van der Waals surface area contributed by atoms with E-state index in [0.29, 0.717) is 19.6 Å². The molecule has 0 amide bonds. The molecule has 0 aromatic carbocycles. The lowest BCUT2D eigenvalue weighted by atomic mass is 9.84. The number of aliphatic hydroxyl groups excluding tert-OH is 1. The number of terminal acetylenes is 1. The zero-order valence-corrected chi connectivity index (χ0v) is 10.8. The van der Waals surface area contributed by atoms with E-state index in [0.717, 1.165) is 6.42 Å². The van der Waals surface area contributed by atoms with Crippen molar-refractivity contribution in [3.63, 3.8) is 0 Å². The molecule has 0 bridgehead atoms. The van der Waals surface area contributed by atoms with Crippen LogP contribution in [0.5, 0.6) is 0 Å². The molecular formula is C15H20O2. The molecule has 0 saturated heterocycles. The van der Waals surface area contributed by atoms with E-state index in [-0.39, 0.29) is 5.41 Å². The molecule has 0 heterocycles. The molecular weight excluding hydrogens is 212 g/mol. The van der Waals surface area contributed by atoms with Gasteiger partial charge in [0.1, 0.15) is 12.7 Å². The molecule has 0 aliphatic carbocycles. The molecule has 1 atom stereocenters. The van der Waals surface area contributed by atoms with Crippen molar-refractivity contribution < 1.29 is 9.84 Å². The minimum absolute atomic E-state index is 0.380. The number of ether oxygens (including phenoxy) is 1. The van der Waals surface area contributed by atoms with Gasteiger partial charge in [0.2, 0.25) is 0 Å². The predicted octanol–water partition coefficient (Wildman–Crippen LogP) is 1.83. The lowest BCUT2D eigenvalue weighted by molar-refractivity contribution is 0.103. The van der Waals surface area contributed by atoms with Gasteiger partial charge in [-0.2, -0.15) is 0 Å². The van der Waals surface area contributed by atoms with Gasteiger partial charge in [-0.15, -0.1) is 24.2 Å². The minimum Gasteiger partial charge on any atom is -0.380 e. The molecule has 0 aromatic rings. The molecule has 0 unspecified atom stereocenters. The largest absolute Gasteiger partial charge is 0.380 e. The summed E-state index contributed by atoms with van der Waals surface area (Å²) in [5.41, 5.74) is -0.380. The summed E-state index contributed by atoms with van der Waals surface area (Å²) in [6, 6.07) is 0. The Morgan fingerprint density at radius 2 is 2.00 bits per heavy atom. The Labute approximate surface area is 105 Å². The van der Waals surface area contributed by atoms with Gasteiger partial charge in [0.25, 0.3) is 0 Å². The summed E-state index contributed by atoms with van der Waals surface area (Å²) in [6.07, 6.45) is 5.69. The Morgan fingerprint density at radius 3 is 2.59 bits per heavy atom. The normalized spacial score (nSPS) is 11.5. The van der Waals surface area contributed by atoms with E-state index in [1.807, 2.05) is 13.8 Å². The average Bonchev–Trinajstić information content (AvgIpc) is 2.31. The van der Waals surface area contributed by atoms with Gasteiger partial charge in [-0.1, -0.05) is 25.7 Å². The molecule has 0 spiro atoms. The summed E-state index contributed by atoms with van der Waals surface area (Å²) >= 11 is 0. The van der Waals surface area contributed by atoms with Crippen molar-refractivity contribution in [2.45, 2.75) is 39.7 Å². The fourth-order valence-electron chi connectivity index (χ4n) is 1.04. The number of hydrogen-bond acceptors (Lipinski definition) is 2. The first-order chi connectivity index (χ1) is 8.04. The lowest BCUT2D eigenvalue weighted by Crippen LogP contribution is -2.27. The summed E-state index contributed by atoms with van der Waals surface area (Å²) in [7, 11) is 0. The van der Waals surface area contributed by atoms with E-state index < -0.39 is 6.10 Å². The topological polar surface area (TPSA) is 29.5 Å². The molecule has 0 aliphatic heterocycles. The van der Waals surface area contributed by atoms with Crippen LogP contribution in [-0.4, -0.2) is 24.4 Å². The van der Waals surface area contributed by atoms with Crippen LogP contribution in [-0.2, 0) is 4.74 Å². The number of hydrogen-bond donors (Lipinski definition) is 1. The summed E-state index contributed by atoms with van der Waals surface area (Å²) in [5, 5.41) is 9.54. The number of rotatable bonds is 5. The van der Waals surface area contributed by atoms with Crippen LogP contribution in [0.1, 0.15) is 33.6 Å². The van der Waals surface area contributed by atoms with E-state index >= 15 is 0 Å². The summed E-state index contributed by atoms with van der Waals surface area (Å²) in [6.45, 7) is 6.59. The Hall–Kier alpha value is -1.40. The first-order valence-electron chi connectivity index (χ1n) is 5.62. The maximum atomic E-state index is 9.54. The molecule has 2 heteroatoms. The summed E-state index contributed by atoms with van der Waals surface area (Å²) in [4.78, 5) is 0. The molecule has 2 nitrogen and oxygen atoms in total. The van der Waals surface area contributed by atoms with Crippen LogP contribution >= 0.6 is 0 Å². The SMILES string of the molecule is C#C[C@@H](O)C(C)(C)CC#CCOCCC#CC. The third-order valence-corrected chi connectivity index (χ3v) is 2.29. The van der Waals surface area contributed by atoms with Crippen LogP contribution in [0.3, 0.4) is 0 Å². The summed E-state index contributed by atoms with van der Waals surface area (Å²) < 4.78 is 5.26. The van der Waals surface area contributed by atoms with Crippen molar-refractivity contribution in [3.8, 4) is 36.0 Å². The quantitative estimate of drug-likeness (QED) is 0.579. The second kappa shape index (κ2) is 8.72. The second-order valence-corrected chi connectivity index (χ2v) is 4.32. The van der Waals surface area contributed by atoms with Crippen LogP contribution < -0.4 is 0 Å². The van der Waals surface area contributed by atoms with Crippen LogP contribution in [0.15, 0.2) is 0 Å². The van der Waals surface area contributed by atoms with Gasteiger partial charge in [0.05, 0.1) is 6.61 Å². The standard InChI is InChI=1S/C15H20O2/c1-5-7-9-12-17-13-10-8-11-15(3,4)14(16)6-2/h2,14,16H,9,11-13H2,1,3-4H3/t14-/m1/s1. The third-order valence-electron chi connectivity index (χ3n) is 2.29. The fraction of sp³-hybridized carbons (Fsp3) is 0.600. The van der Waals surface area contributed by atoms with Crippen molar-refractivity contribution in [1.82, 2.24) is 0 Å². The Morgan fingerprint density at radius 1 is 1.29 bits per heavy atom. The van der Waals surface area contributed by atoms with E-state index in [9.17, 15) is 5.11 Å². The van der Waals surface area contributed by atoms with Gasteiger partial charge >= 0.3 is 0 Å². The van der Waals surface area contributed by atoms with E-state index in [2.05, 4.69) is 29.6 Å². The molecule has 0 radical (unpaired) electrons. The van der Waals surface area contributed by atoms with Crippen molar-refractivity contribution >= 4 is 0 Å². The zero-order chi connectivity index (χ0) is 13.1. The van der Waals surface area contributed by atoms with Crippen LogP contribution in [0.4, 0.5) is 0 Å². The van der Waals surface area contributed by atoms with Crippen LogP contribution in [0.25, 0.3) is 0 Å². The molecule has 0 fully saturated rings. The van der Waals surface area contributed by atoms with Gasteiger partial charge in [-0.3, -0.25) is 0 Å². The molecule has 0 saturated carbocycles. The second-order valence-electron chi connectivity index (χ2n) is 4.32. The predicted molar refractivity (Wildman–Crippen MR) is 69.9 cm³/mol. The lowest BCUT2D eigenvalue weighted by Gasteiger charge is -2.24. The third kappa shape index (κ3) is 7.48. The smallest absolute Gasteiger partial charge is 0.120 e. The Balaban J connectivity index is 3.81. The maximum Gasteiger partial charge on any atom is 0.120 e. The van der Waals surface area contributed by atoms with Gasteiger partial charge in [-0.25, -0.2) is 0 Å². The highest BCUT2D eigenvalue weighted by molar-refractivity contribution is 5.08. The molecule has 17 heavy (non-hydrogen) atoms. The monoisotopic (exact) mass is 232 g/mol. The van der Waals surface area contributed by atoms with Crippen molar-refractivity contribution in [1.29, 1.82) is 0 Å². The van der Waals surface area contributed by atoms with E-state index in [1.165, 1.54) is 0 Å². The zero-order valence-electron chi connectivity index (χ0n) is 10.8.